The van der Waals surface area contributed by atoms with Crippen LogP contribution in [0.5, 0.6) is 0 Å². The number of ether oxygens (including phenoxy) is 3. The second-order valence-electron chi connectivity index (χ2n) is 6.83. The maximum absolute atomic E-state index is 12.5. The van der Waals surface area contributed by atoms with Crippen molar-refractivity contribution < 1.29 is 23.8 Å². The highest BCUT2D eigenvalue weighted by Crippen LogP contribution is 2.37. The Labute approximate surface area is 159 Å². The average molecular weight is 371 g/mol. The molecule has 1 fully saturated rings. The number of esters is 2. The molecule has 6 heteroatoms. The number of carbonyl (C=O) groups is 2. The second-order valence-corrected chi connectivity index (χ2v) is 6.83. The van der Waals surface area contributed by atoms with Crippen LogP contribution in [-0.4, -0.2) is 50.3 Å². The van der Waals surface area contributed by atoms with E-state index >= 15 is 0 Å². The number of nitrogens with zero attached hydrogens (tertiary/aromatic N) is 1. The van der Waals surface area contributed by atoms with Crippen LogP contribution in [0.3, 0.4) is 0 Å². The van der Waals surface area contributed by atoms with Gasteiger partial charge >= 0.3 is 11.9 Å². The van der Waals surface area contributed by atoms with Gasteiger partial charge in [-0.3, -0.25) is 0 Å². The molecule has 2 aliphatic heterocycles. The highest BCUT2D eigenvalue weighted by molar-refractivity contribution is 5.98. The molecule has 0 amide bonds. The van der Waals surface area contributed by atoms with Crippen LogP contribution in [0.25, 0.3) is 0 Å². The third kappa shape index (κ3) is 4.22. The number of rotatable bonds is 5. The van der Waals surface area contributed by atoms with Crippen molar-refractivity contribution in [3.63, 3.8) is 0 Å². The molecule has 0 aromatic heterocycles. The minimum atomic E-state index is -0.536. The Kier molecular flexibility index (Phi) is 5.96. The van der Waals surface area contributed by atoms with E-state index < -0.39 is 17.9 Å². The third-order valence-corrected chi connectivity index (χ3v) is 4.92. The van der Waals surface area contributed by atoms with E-state index in [2.05, 4.69) is 0 Å². The molecule has 2 heterocycles. The molecular weight excluding hydrogens is 346 g/mol. The van der Waals surface area contributed by atoms with E-state index in [1.54, 1.807) is 12.4 Å². The van der Waals surface area contributed by atoms with Crippen LogP contribution in [0.2, 0.25) is 0 Å². The summed E-state index contributed by atoms with van der Waals surface area (Å²) in [6, 6.07) is 7.75. The van der Waals surface area contributed by atoms with Gasteiger partial charge in [-0.05, 0) is 25.3 Å². The zero-order chi connectivity index (χ0) is 19.4. The van der Waals surface area contributed by atoms with Crippen LogP contribution in [0.4, 0.5) is 0 Å². The van der Waals surface area contributed by atoms with Crippen molar-refractivity contribution in [2.75, 3.05) is 27.4 Å². The van der Waals surface area contributed by atoms with Gasteiger partial charge in [-0.15, -0.1) is 0 Å². The van der Waals surface area contributed by atoms with Gasteiger partial charge in [0.2, 0.25) is 0 Å². The molecule has 0 aliphatic carbocycles. The van der Waals surface area contributed by atoms with Gasteiger partial charge in [-0.1, -0.05) is 29.8 Å². The number of hydrogen-bond donors (Lipinski definition) is 0. The number of methoxy groups -OCH3 is 2. The quantitative estimate of drug-likeness (QED) is 0.742. The Bertz CT molecular complexity index is 725. The van der Waals surface area contributed by atoms with Gasteiger partial charge in [0, 0.05) is 25.6 Å². The molecule has 1 saturated heterocycles. The summed E-state index contributed by atoms with van der Waals surface area (Å²) in [5.41, 5.74) is 2.75. The normalized spacial score (nSPS) is 20.1. The number of carbonyl (C=O) groups excluding carboxylic acids is 2. The summed E-state index contributed by atoms with van der Waals surface area (Å²) in [6.07, 6.45) is 5.56. The molecule has 0 unspecified atom stereocenters. The first-order valence-electron chi connectivity index (χ1n) is 9.07. The molecule has 3 rings (SSSR count). The standard InChI is InChI=1S/C21H25NO5/c1-14-6-8-15(9-7-14)19-17(20(23)25-2)12-22(11-16-5-4-10-27-16)13-18(19)21(24)26-3/h6-9,12-13,16,19H,4-5,10-11H2,1-3H3/t16-/m0/s1. The van der Waals surface area contributed by atoms with Crippen molar-refractivity contribution in [2.24, 2.45) is 0 Å². The molecular formula is C21H25NO5. The van der Waals surface area contributed by atoms with Gasteiger partial charge in [-0.2, -0.15) is 0 Å². The first-order chi connectivity index (χ1) is 13.0. The van der Waals surface area contributed by atoms with Crippen molar-refractivity contribution >= 4 is 11.9 Å². The summed E-state index contributed by atoms with van der Waals surface area (Å²) < 4.78 is 15.7. The summed E-state index contributed by atoms with van der Waals surface area (Å²) in [4.78, 5) is 26.9. The topological polar surface area (TPSA) is 65.1 Å². The molecule has 1 aromatic carbocycles. The maximum Gasteiger partial charge on any atom is 0.336 e. The van der Waals surface area contributed by atoms with Crippen molar-refractivity contribution in [1.29, 1.82) is 0 Å². The molecule has 1 atom stereocenters. The van der Waals surface area contributed by atoms with Crippen molar-refractivity contribution in [1.82, 2.24) is 4.90 Å². The lowest BCUT2D eigenvalue weighted by molar-refractivity contribution is -0.137. The molecule has 1 aromatic rings. The number of benzene rings is 1. The SMILES string of the molecule is COC(=O)C1=CN(C[C@@H]2CCCO2)C=C(C(=O)OC)C1c1ccc(C)cc1. The lowest BCUT2D eigenvalue weighted by Gasteiger charge is -2.31. The Hall–Kier alpha value is -2.60. The van der Waals surface area contributed by atoms with Crippen LogP contribution < -0.4 is 0 Å². The van der Waals surface area contributed by atoms with Gasteiger partial charge in [0.15, 0.2) is 0 Å². The van der Waals surface area contributed by atoms with Gasteiger partial charge in [0.05, 0.1) is 37.4 Å². The Morgan fingerprint density at radius 1 is 1.07 bits per heavy atom. The summed E-state index contributed by atoms with van der Waals surface area (Å²) in [6.45, 7) is 3.30. The van der Waals surface area contributed by atoms with Crippen molar-refractivity contribution in [3.05, 3.63) is 58.9 Å². The van der Waals surface area contributed by atoms with E-state index in [0.717, 1.165) is 30.6 Å². The minimum Gasteiger partial charge on any atom is -0.466 e. The Balaban J connectivity index is 2.01. The van der Waals surface area contributed by atoms with E-state index in [9.17, 15) is 9.59 Å². The fraction of sp³-hybridized carbons (Fsp3) is 0.429. The zero-order valence-electron chi connectivity index (χ0n) is 15.9. The molecule has 0 N–H and O–H groups in total. The van der Waals surface area contributed by atoms with Crippen LogP contribution in [0.15, 0.2) is 47.8 Å². The summed E-state index contributed by atoms with van der Waals surface area (Å²) >= 11 is 0. The van der Waals surface area contributed by atoms with Gasteiger partial charge < -0.3 is 19.1 Å². The van der Waals surface area contributed by atoms with Crippen LogP contribution in [0.1, 0.15) is 29.9 Å². The molecule has 0 saturated carbocycles. The van der Waals surface area contributed by atoms with E-state index in [0.29, 0.717) is 17.7 Å². The fourth-order valence-electron chi connectivity index (χ4n) is 3.53. The Morgan fingerprint density at radius 2 is 1.67 bits per heavy atom. The fourth-order valence-corrected chi connectivity index (χ4v) is 3.53. The summed E-state index contributed by atoms with van der Waals surface area (Å²) in [5.74, 6) is -1.47. The monoisotopic (exact) mass is 371 g/mol. The van der Waals surface area contributed by atoms with Gasteiger partial charge in [0.1, 0.15) is 0 Å². The zero-order valence-corrected chi connectivity index (χ0v) is 15.9. The molecule has 0 spiro atoms. The number of hydrogen-bond acceptors (Lipinski definition) is 6. The lowest BCUT2D eigenvalue weighted by Crippen LogP contribution is -2.32. The largest absolute Gasteiger partial charge is 0.466 e. The minimum absolute atomic E-state index is 0.0752. The van der Waals surface area contributed by atoms with Crippen molar-refractivity contribution in [2.45, 2.75) is 31.8 Å². The summed E-state index contributed by atoms with van der Waals surface area (Å²) in [5, 5.41) is 0. The van der Waals surface area contributed by atoms with E-state index in [1.165, 1.54) is 14.2 Å². The highest BCUT2D eigenvalue weighted by Gasteiger charge is 2.35. The van der Waals surface area contributed by atoms with E-state index in [-0.39, 0.29) is 6.10 Å². The third-order valence-electron chi connectivity index (χ3n) is 4.92. The maximum atomic E-state index is 12.5. The molecule has 0 bridgehead atoms. The molecule has 2 aliphatic rings. The first-order valence-corrected chi connectivity index (χ1v) is 9.07. The first kappa shape index (κ1) is 19.2. The smallest absolute Gasteiger partial charge is 0.336 e. The summed E-state index contributed by atoms with van der Waals surface area (Å²) in [7, 11) is 2.69. The van der Waals surface area contributed by atoms with Gasteiger partial charge in [0.25, 0.3) is 0 Å². The molecule has 27 heavy (non-hydrogen) atoms. The molecule has 6 nitrogen and oxygen atoms in total. The van der Waals surface area contributed by atoms with E-state index in [1.807, 2.05) is 36.1 Å². The second kappa shape index (κ2) is 8.39. The highest BCUT2D eigenvalue weighted by atomic mass is 16.5. The average Bonchev–Trinajstić information content (AvgIpc) is 3.20. The predicted octanol–water partition coefficient (Wildman–Crippen LogP) is 2.69. The Morgan fingerprint density at radius 3 is 2.15 bits per heavy atom. The van der Waals surface area contributed by atoms with E-state index in [4.69, 9.17) is 14.2 Å². The van der Waals surface area contributed by atoms with Crippen LogP contribution in [-0.2, 0) is 23.8 Å². The molecule has 0 radical (unpaired) electrons. The van der Waals surface area contributed by atoms with Crippen molar-refractivity contribution in [3.8, 4) is 0 Å². The lowest BCUT2D eigenvalue weighted by atomic mass is 9.83. The molecule has 144 valence electrons. The van der Waals surface area contributed by atoms with Crippen LogP contribution in [0, 0.1) is 6.92 Å². The van der Waals surface area contributed by atoms with Crippen LogP contribution >= 0.6 is 0 Å². The predicted molar refractivity (Wildman–Crippen MR) is 99.8 cm³/mol. The number of aryl methyl sites for hydroxylation is 1. The van der Waals surface area contributed by atoms with Gasteiger partial charge in [-0.25, -0.2) is 9.59 Å².